The number of hydrogen-bond donors (Lipinski definition) is 1. The van der Waals surface area contributed by atoms with Crippen LogP contribution in [0.2, 0.25) is 0 Å². The average molecular weight is 246 g/mol. The fourth-order valence-corrected chi connectivity index (χ4v) is 2.34. The van der Waals surface area contributed by atoms with Gasteiger partial charge in [0.1, 0.15) is 12.2 Å². The third-order valence-electron chi connectivity index (χ3n) is 3.38. The van der Waals surface area contributed by atoms with Gasteiger partial charge in [0.2, 0.25) is 0 Å². The topological polar surface area (TPSA) is 59.7 Å². The number of para-hydroxylation sites is 1. The van der Waals surface area contributed by atoms with E-state index in [1.165, 1.54) is 0 Å². The molecule has 0 amide bonds. The van der Waals surface area contributed by atoms with Crippen LogP contribution in [0.25, 0.3) is 11.0 Å². The maximum absolute atomic E-state index is 12.4. The molecule has 1 aliphatic rings. The molecular formula is C14H14O4. The summed E-state index contributed by atoms with van der Waals surface area (Å²) in [6.45, 7) is 3.61. The van der Waals surface area contributed by atoms with E-state index in [1.807, 2.05) is 0 Å². The van der Waals surface area contributed by atoms with E-state index in [9.17, 15) is 9.90 Å². The first-order valence-corrected chi connectivity index (χ1v) is 5.89. The molecule has 1 aromatic heterocycles. The smallest absolute Gasteiger partial charge is 0.292 e. The van der Waals surface area contributed by atoms with Gasteiger partial charge in [-0.25, -0.2) is 0 Å². The molecule has 0 saturated carbocycles. The number of hydrogen-bond acceptors (Lipinski definition) is 4. The van der Waals surface area contributed by atoms with Gasteiger partial charge in [0.15, 0.2) is 5.43 Å². The van der Waals surface area contributed by atoms with Crippen molar-refractivity contribution in [2.75, 3.05) is 6.61 Å². The molecule has 4 heteroatoms. The quantitative estimate of drug-likeness (QED) is 0.836. The number of fused-ring (bicyclic) bond motifs is 2. The van der Waals surface area contributed by atoms with Gasteiger partial charge in [-0.2, -0.15) is 0 Å². The van der Waals surface area contributed by atoms with E-state index >= 15 is 0 Å². The van der Waals surface area contributed by atoms with Crippen LogP contribution in [0.4, 0.5) is 0 Å². The van der Waals surface area contributed by atoms with Crippen LogP contribution >= 0.6 is 0 Å². The summed E-state index contributed by atoms with van der Waals surface area (Å²) in [4.78, 5) is 12.4. The lowest BCUT2D eigenvalue weighted by Crippen LogP contribution is -2.32. The fourth-order valence-electron chi connectivity index (χ4n) is 2.34. The second-order valence-electron chi connectivity index (χ2n) is 5.15. The van der Waals surface area contributed by atoms with E-state index in [4.69, 9.17) is 9.15 Å². The van der Waals surface area contributed by atoms with E-state index in [-0.39, 0.29) is 23.9 Å². The van der Waals surface area contributed by atoms with Crippen molar-refractivity contribution in [3.05, 3.63) is 40.1 Å². The molecule has 94 valence electrons. The largest absolute Gasteiger partial charge is 0.464 e. The van der Waals surface area contributed by atoms with Crippen LogP contribution in [0.3, 0.4) is 0 Å². The van der Waals surface area contributed by atoms with Crippen molar-refractivity contribution in [3.63, 3.8) is 0 Å². The van der Waals surface area contributed by atoms with Gasteiger partial charge in [0, 0.05) is 0 Å². The lowest BCUT2D eigenvalue weighted by molar-refractivity contribution is 0.0413. The van der Waals surface area contributed by atoms with Gasteiger partial charge in [-0.05, 0) is 26.0 Å². The summed E-state index contributed by atoms with van der Waals surface area (Å²) in [5, 5.41) is 10.6. The zero-order valence-electron chi connectivity index (χ0n) is 10.3. The molecule has 1 N–H and O–H groups in total. The van der Waals surface area contributed by atoms with Crippen molar-refractivity contribution < 1.29 is 14.3 Å². The Kier molecular flexibility index (Phi) is 2.25. The molecule has 1 aliphatic heterocycles. The number of benzene rings is 1. The Bertz CT molecular complexity index is 664. The lowest BCUT2D eigenvalue weighted by atomic mass is 9.87. The minimum atomic E-state index is -1.01. The molecule has 0 aliphatic carbocycles. The van der Waals surface area contributed by atoms with Crippen LogP contribution in [0, 0.1) is 0 Å². The summed E-state index contributed by atoms with van der Waals surface area (Å²) in [6, 6.07) is 7.06. The zero-order chi connectivity index (χ0) is 12.9. The van der Waals surface area contributed by atoms with E-state index < -0.39 is 5.60 Å². The molecule has 1 aromatic carbocycles. The van der Waals surface area contributed by atoms with E-state index in [0.717, 1.165) is 0 Å². The Balaban J connectivity index is 2.32. The van der Waals surface area contributed by atoms with Crippen LogP contribution in [-0.2, 0) is 0 Å². The highest BCUT2D eigenvalue weighted by Crippen LogP contribution is 2.39. The maximum atomic E-state index is 12.4. The van der Waals surface area contributed by atoms with Crippen molar-refractivity contribution in [1.29, 1.82) is 0 Å². The van der Waals surface area contributed by atoms with Crippen LogP contribution in [0.5, 0.6) is 5.95 Å². The fraction of sp³-hybridized carbons (Fsp3) is 0.357. The summed E-state index contributed by atoms with van der Waals surface area (Å²) in [7, 11) is 0. The van der Waals surface area contributed by atoms with Gasteiger partial charge in [0.05, 0.1) is 22.5 Å². The van der Waals surface area contributed by atoms with Crippen LogP contribution < -0.4 is 10.2 Å². The Morgan fingerprint density at radius 2 is 2.06 bits per heavy atom. The highest BCUT2D eigenvalue weighted by Gasteiger charge is 2.40. The summed E-state index contributed by atoms with van der Waals surface area (Å²) >= 11 is 0. The summed E-state index contributed by atoms with van der Waals surface area (Å²) in [6.07, 6.45) is 0. The molecule has 3 rings (SSSR count). The Morgan fingerprint density at radius 3 is 2.78 bits per heavy atom. The summed E-state index contributed by atoms with van der Waals surface area (Å²) in [5.41, 5.74) is -0.169. The molecule has 2 heterocycles. The Morgan fingerprint density at radius 1 is 1.33 bits per heavy atom. The first kappa shape index (κ1) is 11.3. The van der Waals surface area contributed by atoms with Gasteiger partial charge in [0.25, 0.3) is 5.95 Å². The Labute approximate surface area is 104 Å². The van der Waals surface area contributed by atoms with Gasteiger partial charge in [-0.1, -0.05) is 12.1 Å². The van der Waals surface area contributed by atoms with Crippen molar-refractivity contribution in [1.82, 2.24) is 0 Å². The van der Waals surface area contributed by atoms with Crippen LogP contribution in [0.15, 0.2) is 33.5 Å². The van der Waals surface area contributed by atoms with Crippen LogP contribution in [-0.4, -0.2) is 17.3 Å². The van der Waals surface area contributed by atoms with Gasteiger partial charge in [-0.15, -0.1) is 0 Å². The van der Waals surface area contributed by atoms with E-state index in [1.54, 1.807) is 38.1 Å². The molecule has 18 heavy (non-hydrogen) atoms. The predicted octanol–water partition coefficient (Wildman–Crippen LogP) is 2.04. The first-order valence-electron chi connectivity index (χ1n) is 5.89. The minimum Gasteiger partial charge on any atom is -0.464 e. The monoisotopic (exact) mass is 246 g/mol. The molecule has 4 nitrogen and oxygen atoms in total. The molecule has 2 aromatic rings. The maximum Gasteiger partial charge on any atom is 0.292 e. The average Bonchev–Trinajstić information content (AvgIpc) is 2.73. The summed E-state index contributed by atoms with van der Waals surface area (Å²) < 4.78 is 11.0. The van der Waals surface area contributed by atoms with Crippen molar-refractivity contribution >= 4 is 11.0 Å². The molecular weight excluding hydrogens is 232 g/mol. The molecule has 0 spiro atoms. The summed E-state index contributed by atoms with van der Waals surface area (Å²) in [5.74, 6) is -0.112. The number of aliphatic hydroxyl groups is 1. The van der Waals surface area contributed by atoms with Crippen LogP contribution in [0.1, 0.15) is 25.3 Å². The Hall–Kier alpha value is -1.81. The SMILES string of the molecule is CC(C)(O)C1COc2oc3ccccc3c(=O)c21. The van der Waals surface area contributed by atoms with E-state index in [2.05, 4.69) is 0 Å². The molecule has 0 bridgehead atoms. The third kappa shape index (κ3) is 1.53. The highest BCUT2D eigenvalue weighted by molar-refractivity contribution is 5.78. The lowest BCUT2D eigenvalue weighted by Gasteiger charge is -2.23. The number of rotatable bonds is 1. The zero-order valence-corrected chi connectivity index (χ0v) is 10.3. The molecule has 1 atom stereocenters. The molecule has 0 radical (unpaired) electrons. The molecule has 0 fully saturated rings. The second kappa shape index (κ2) is 3.59. The first-order chi connectivity index (χ1) is 8.48. The van der Waals surface area contributed by atoms with Crippen molar-refractivity contribution in [3.8, 4) is 5.95 Å². The number of ether oxygens (including phenoxy) is 1. The molecule has 0 saturated heterocycles. The van der Waals surface area contributed by atoms with Gasteiger partial charge < -0.3 is 14.3 Å². The third-order valence-corrected chi connectivity index (χ3v) is 3.38. The standard InChI is InChI=1S/C14H14O4/c1-14(2,16)9-7-17-13-11(9)12(15)8-5-3-4-6-10(8)18-13/h3-6,9,16H,7H2,1-2H3. The second-order valence-corrected chi connectivity index (χ2v) is 5.15. The van der Waals surface area contributed by atoms with Gasteiger partial charge in [-0.3, -0.25) is 4.79 Å². The van der Waals surface area contributed by atoms with Crippen molar-refractivity contribution in [2.45, 2.75) is 25.4 Å². The van der Waals surface area contributed by atoms with E-state index in [0.29, 0.717) is 16.5 Å². The predicted molar refractivity (Wildman–Crippen MR) is 67.0 cm³/mol. The highest BCUT2D eigenvalue weighted by atomic mass is 16.6. The van der Waals surface area contributed by atoms with Gasteiger partial charge >= 0.3 is 0 Å². The minimum absolute atomic E-state index is 0.114. The normalized spacial score (nSPS) is 18.7. The molecule has 1 unspecified atom stereocenters. The van der Waals surface area contributed by atoms with Crippen molar-refractivity contribution in [2.24, 2.45) is 0 Å².